The number of rotatable bonds is 4. The molecule has 2 nitrogen and oxygen atoms in total. The van der Waals surface area contributed by atoms with Gasteiger partial charge in [-0.3, -0.25) is 0 Å². The van der Waals surface area contributed by atoms with E-state index in [0.717, 1.165) is 22.3 Å². The summed E-state index contributed by atoms with van der Waals surface area (Å²) in [6.45, 7) is 5.27. The Bertz CT molecular complexity index is 395. The van der Waals surface area contributed by atoms with Crippen LogP contribution in [0.4, 0.5) is 5.69 Å². The highest BCUT2D eigenvalue weighted by molar-refractivity contribution is 9.10. The van der Waals surface area contributed by atoms with Gasteiger partial charge < -0.3 is 10.0 Å². The molecule has 0 saturated heterocycles. The van der Waals surface area contributed by atoms with Crippen LogP contribution < -0.4 is 4.90 Å². The summed E-state index contributed by atoms with van der Waals surface area (Å²) in [5, 5.41) is 9.52. The van der Waals surface area contributed by atoms with Gasteiger partial charge in [-0.1, -0.05) is 27.9 Å². The second-order valence-electron chi connectivity index (χ2n) is 3.60. The van der Waals surface area contributed by atoms with Gasteiger partial charge in [0.15, 0.2) is 0 Å². The van der Waals surface area contributed by atoms with Crippen LogP contribution in [0.25, 0.3) is 0 Å². The van der Waals surface area contributed by atoms with E-state index in [9.17, 15) is 5.11 Å². The second kappa shape index (κ2) is 5.93. The van der Waals surface area contributed by atoms with Crippen LogP contribution in [0.1, 0.15) is 25.5 Å². The molecule has 1 aromatic rings. The molecule has 1 atom stereocenters. The number of nitrogens with zero attached hydrogens (tertiary/aromatic N) is 1. The quantitative estimate of drug-likeness (QED) is 0.858. The number of hydrogen-bond donors (Lipinski definition) is 1. The van der Waals surface area contributed by atoms with Gasteiger partial charge in [0.25, 0.3) is 0 Å². The van der Waals surface area contributed by atoms with Crippen LogP contribution in [0.15, 0.2) is 22.7 Å². The zero-order chi connectivity index (χ0) is 12.1. The molecule has 0 heterocycles. The Morgan fingerprint density at radius 1 is 1.56 bits per heavy atom. The molecule has 3 heteroatoms. The van der Waals surface area contributed by atoms with Gasteiger partial charge in [0.1, 0.15) is 0 Å². The van der Waals surface area contributed by atoms with Crippen molar-refractivity contribution in [2.24, 2.45) is 0 Å². The average molecular weight is 282 g/mol. The van der Waals surface area contributed by atoms with E-state index >= 15 is 0 Å². The maximum atomic E-state index is 9.52. The number of aliphatic hydroxyl groups excluding tert-OH is 1. The molecule has 0 amide bonds. The van der Waals surface area contributed by atoms with Crippen LogP contribution in [0.5, 0.6) is 0 Å². The van der Waals surface area contributed by atoms with Gasteiger partial charge in [0.05, 0.1) is 12.6 Å². The summed E-state index contributed by atoms with van der Waals surface area (Å²) >= 11 is 3.46. The molecule has 86 valence electrons. The first-order valence-electron chi connectivity index (χ1n) is 5.26. The number of hydrogen-bond acceptors (Lipinski definition) is 2. The van der Waals surface area contributed by atoms with E-state index in [1.54, 1.807) is 6.92 Å². The van der Waals surface area contributed by atoms with Crippen LogP contribution >= 0.6 is 15.9 Å². The predicted octanol–water partition coefficient (Wildman–Crippen LogP) is 2.96. The third-order valence-corrected chi connectivity index (χ3v) is 3.15. The van der Waals surface area contributed by atoms with Crippen molar-refractivity contribution in [3.8, 4) is 12.3 Å². The lowest BCUT2D eigenvalue weighted by Gasteiger charge is -2.21. The largest absolute Gasteiger partial charge is 0.389 e. The fraction of sp³-hybridized carbons (Fsp3) is 0.385. The molecule has 1 unspecified atom stereocenters. The first kappa shape index (κ1) is 13.1. The lowest BCUT2D eigenvalue weighted by Crippen LogP contribution is -2.22. The molecule has 0 aliphatic carbocycles. The Morgan fingerprint density at radius 3 is 2.69 bits per heavy atom. The fourth-order valence-corrected chi connectivity index (χ4v) is 2.25. The molecule has 0 radical (unpaired) electrons. The van der Waals surface area contributed by atoms with Crippen LogP contribution in [-0.4, -0.2) is 18.2 Å². The number of terminal acetylenes is 1. The van der Waals surface area contributed by atoms with Gasteiger partial charge in [-0.25, -0.2) is 0 Å². The van der Waals surface area contributed by atoms with Crippen molar-refractivity contribution in [2.45, 2.75) is 20.0 Å². The minimum atomic E-state index is -0.467. The van der Waals surface area contributed by atoms with Gasteiger partial charge in [-0.05, 0) is 31.5 Å². The Labute approximate surface area is 105 Å². The summed E-state index contributed by atoms with van der Waals surface area (Å²) in [7, 11) is 0. The Morgan fingerprint density at radius 2 is 2.25 bits per heavy atom. The molecule has 0 aromatic heterocycles. The zero-order valence-corrected chi connectivity index (χ0v) is 11.2. The minimum Gasteiger partial charge on any atom is -0.389 e. The van der Waals surface area contributed by atoms with E-state index in [0.29, 0.717) is 6.54 Å². The predicted molar refractivity (Wildman–Crippen MR) is 71.5 cm³/mol. The topological polar surface area (TPSA) is 23.5 Å². The number of halogens is 1. The Hall–Kier alpha value is -0.980. The number of anilines is 1. The molecule has 0 saturated carbocycles. The summed E-state index contributed by atoms with van der Waals surface area (Å²) in [5.41, 5.74) is 1.96. The maximum Gasteiger partial charge on any atom is 0.0791 e. The summed E-state index contributed by atoms with van der Waals surface area (Å²) in [4.78, 5) is 2.09. The molecule has 16 heavy (non-hydrogen) atoms. The van der Waals surface area contributed by atoms with Crippen molar-refractivity contribution in [1.29, 1.82) is 0 Å². The van der Waals surface area contributed by atoms with E-state index in [4.69, 9.17) is 6.42 Å². The molecular weight excluding hydrogens is 266 g/mol. The smallest absolute Gasteiger partial charge is 0.0791 e. The van der Waals surface area contributed by atoms with E-state index in [1.807, 2.05) is 18.2 Å². The molecule has 1 N–H and O–H groups in total. The lowest BCUT2D eigenvalue weighted by molar-refractivity contribution is 0.198. The van der Waals surface area contributed by atoms with Gasteiger partial charge in [0, 0.05) is 16.7 Å². The zero-order valence-electron chi connectivity index (χ0n) is 9.57. The third-order valence-electron chi connectivity index (χ3n) is 2.46. The van der Waals surface area contributed by atoms with Crippen molar-refractivity contribution in [1.82, 2.24) is 0 Å². The van der Waals surface area contributed by atoms with Crippen LogP contribution in [0, 0.1) is 12.3 Å². The molecule has 1 rings (SSSR count). The van der Waals surface area contributed by atoms with E-state index in [2.05, 4.69) is 33.7 Å². The highest BCUT2D eigenvalue weighted by atomic mass is 79.9. The molecule has 0 spiro atoms. The molecule has 0 bridgehead atoms. The Balaban J connectivity index is 3.00. The maximum absolute atomic E-state index is 9.52. The number of benzene rings is 1. The highest BCUT2D eigenvalue weighted by Crippen LogP contribution is 2.28. The average Bonchev–Trinajstić information content (AvgIpc) is 2.25. The minimum absolute atomic E-state index is 0.467. The summed E-state index contributed by atoms with van der Waals surface area (Å²) in [5.74, 6) is 2.64. The second-order valence-corrected chi connectivity index (χ2v) is 4.45. The van der Waals surface area contributed by atoms with E-state index < -0.39 is 6.10 Å². The van der Waals surface area contributed by atoms with Gasteiger partial charge in [-0.2, -0.15) is 0 Å². The molecule has 0 fully saturated rings. The standard InChI is InChI=1S/C13H16BrNO/c1-4-8-15(5-2)11-6-7-12(10(3)16)13(14)9-11/h1,6-7,9-10,16H,5,8H2,2-3H3. The summed E-state index contributed by atoms with van der Waals surface area (Å²) in [6, 6.07) is 5.89. The normalized spacial score (nSPS) is 11.9. The summed E-state index contributed by atoms with van der Waals surface area (Å²) in [6.07, 6.45) is 4.85. The lowest BCUT2D eigenvalue weighted by atomic mass is 10.1. The van der Waals surface area contributed by atoms with E-state index in [-0.39, 0.29) is 0 Å². The Kier molecular flexibility index (Phi) is 4.85. The van der Waals surface area contributed by atoms with Gasteiger partial charge in [0.2, 0.25) is 0 Å². The SMILES string of the molecule is C#CCN(CC)c1ccc(C(C)O)c(Br)c1. The van der Waals surface area contributed by atoms with Crippen molar-refractivity contribution in [2.75, 3.05) is 18.0 Å². The van der Waals surface area contributed by atoms with Crippen LogP contribution in [-0.2, 0) is 0 Å². The van der Waals surface area contributed by atoms with Crippen molar-refractivity contribution in [3.05, 3.63) is 28.2 Å². The third kappa shape index (κ3) is 3.01. The van der Waals surface area contributed by atoms with Crippen LogP contribution in [0.2, 0.25) is 0 Å². The first-order chi connectivity index (χ1) is 7.60. The summed E-state index contributed by atoms with van der Waals surface area (Å²) < 4.78 is 0.912. The highest BCUT2D eigenvalue weighted by Gasteiger charge is 2.09. The molecule has 0 aliphatic rings. The van der Waals surface area contributed by atoms with E-state index in [1.165, 1.54) is 0 Å². The van der Waals surface area contributed by atoms with Gasteiger partial charge in [-0.15, -0.1) is 6.42 Å². The van der Waals surface area contributed by atoms with Gasteiger partial charge >= 0.3 is 0 Å². The van der Waals surface area contributed by atoms with Crippen molar-refractivity contribution >= 4 is 21.6 Å². The molecular formula is C13H16BrNO. The fourth-order valence-electron chi connectivity index (χ4n) is 1.55. The molecule has 0 aliphatic heterocycles. The monoisotopic (exact) mass is 281 g/mol. The van der Waals surface area contributed by atoms with Crippen LogP contribution in [0.3, 0.4) is 0 Å². The van der Waals surface area contributed by atoms with Crippen molar-refractivity contribution in [3.63, 3.8) is 0 Å². The number of aliphatic hydroxyl groups is 1. The molecule has 1 aromatic carbocycles. The first-order valence-corrected chi connectivity index (χ1v) is 6.05. The van der Waals surface area contributed by atoms with Crippen molar-refractivity contribution < 1.29 is 5.11 Å².